The summed E-state index contributed by atoms with van der Waals surface area (Å²) in [7, 11) is 5.74. The van der Waals surface area contributed by atoms with Gasteiger partial charge in [0, 0.05) is 45.8 Å². The number of fused-ring (bicyclic) bond motifs is 1. The van der Waals surface area contributed by atoms with E-state index in [-0.39, 0.29) is 24.0 Å². The zero-order valence-corrected chi connectivity index (χ0v) is 19.1. The van der Waals surface area contributed by atoms with Crippen LogP contribution in [0, 0.1) is 0 Å². The Morgan fingerprint density at radius 3 is 2.81 bits per heavy atom. The van der Waals surface area contributed by atoms with Crippen LogP contribution in [0.25, 0.3) is 0 Å². The Morgan fingerprint density at radius 1 is 1.33 bits per heavy atom. The van der Waals surface area contributed by atoms with Gasteiger partial charge in [-0.3, -0.25) is 4.99 Å². The molecule has 1 aromatic heterocycles. The summed E-state index contributed by atoms with van der Waals surface area (Å²) in [5.41, 5.74) is 0. The van der Waals surface area contributed by atoms with Crippen LogP contribution in [0.4, 0.5) is 0 Å². The molecule has 0 aromatic carbocycles. The number of nitrogens with zero attached hydrogens (tertiary/aromatic N) is 5. The van der Waals surface area contributed by atoms with Gasteiger partial charge < -0.3 is 20.3 Å². The fourth-order valence-corrected chi connectivity index (χ4v) is 3.93. The van der Waals surface area contributed by atoms with E-state index in [1.807, 2.05) is 11.7 Å². The molecule has 0 radical (unpaired) electrons. The summed E-state index contributed by atoms with van der Waals surface area (Å²) in [6.07, 6.45) is 7.41. The number of hydrogen-bond donors (Lipinski definition) is 2. The van der Waals surface area contributed by atoms with E-state index in [1.54, 1.807) is 7.11 Å². The van der Waals surface area contributed by atoms with Crippen molar-refractivity contribution in [2.45, 2.75) is 63.8 Å². The van der Waals surface area contributed by atoms with E-state index in [0.29, 0.717) is 12.6 Å². The van der Waals surface area contributed by atoms with E-state index < -0.39 is 0 Å². The molecule has 0 bridgehead atoms. The van der Waals surface area contributed by atoms with E-state index >= 15 is 0 Å². The lowest BCUT2D eigenvalue weighted by Crippen LogP contribution is -2.48. The first-order valence-electron chi connectivity index (χ1n) is 9.78. The summed E-state index contributed by atoms with van der Waals surface area (Å²) >= 11 is 0. The second-order valence-electron chi connectivity index (χ2n) is 7.36. The van der Waals surface area contributed by atoms with Gasteiger partial charge in [0.2, 0.25) is 0 Å². The lowest BCUT2D eigenvalue weighted by molar-refractivity contribution is 0.177. The average Bonchev–Trinajstić information content (AvgIpc) is 3.30. The number of halogens is 1. The molecular formula is C18H34IN7O. The van der Waals surface area contributed by atoms with Gasteiger partial charge >= 0.3 is 0 Å². The zero-order valence-electron chi connectivity index (χ0n) is 16.8. The van der Waals surface area contributed by atoms with Crippen LogP contribution in [-0.2, 0) is 24.3 Å². The van der Waals surface area contributed by atoms with Crippen LogP contribution in [0.3, 0.4) is 0 Å². The third-order valence-corrected chi connectivity index (χ3v) is 5.44. The van der Waals surface area contributed by atoms with Gasteiger partial charge in [0.1, 0.15) is 12.4 Å². The molecule has 2 aliphatic rings. The minimum Gasteiger partial charge on any atom is -0.377 e. The topological polar surface area (TPSA) is 79.6 Å². The van der Waals surface area contributed by atoms with Crippen LogP contribution in [0.1, 0.15) is 43.8 Å². The Bertz CT molecular complexity index is 601. The van der Waals surface area contributed by atoms with Crippen LogP contribution in [0.2, 0.25) is 0 Å². The van der Waals surface area contributed by atoms with Gasteiger partial charge in [0.05, 0.1) is 6.54 Å². The Kier molecular flexibility index (Phi) is 9.24. The molecule has 1 aromatic rings. The third kappa shape index (κ3) is 6.28. The number of methoxy groups -OCH3 is 1. The molecule has 2 N–H and O–H groups in total. The van der Waals surface area contributed by atoms with Crippen LogP contribution < -0.4 is 10.6 Å². The fraction of sp³-hybridized carbons (Fsp3) is 0.833. The SMILES string of the molecule is CN=C(NCCN(C)C1CCCC1)NC1CCc2nc(COC)nn2C1.I. The average molecular weight is 491 g/mol. The van der Waals surface area contributed by atoms with Crippen LogP contribution in [0.15, 0.2) is 4.99 Å². The number of hydrogen-bond acceptors (Lipinski definition) is 5. The normalized spacial score (nSPS) is 20.4. The monoisotopic (exact) mass is 491 g/mol. The molecule has 1 fully saturated rings. The maximum atomic E-state index is 5.13. The number of nitrogens with one attached hydrogen (secondary N) is 2. The second kappa shape index (κ2) is 11.2. The van der Waals surface area contributed by atoms with E-state index in [4.69, 9.17) is 4.74 Å². The molecule has 0 amide bonds. The summed E-state index contributed by atoms with van der Waals surface area (Å²) in [6, 6.07) is 1.08. The van der Waals surface area contributed by atoms with Crippen molar-refractivity contribution >= 4 is 29.9 Å². The first-order chi connectivity index (χ1) is 12.7. The molecule has 0 spiro atoms. The summed E-state index contributed by atoms with van der Waals surface area (Å²) < 4.78 is 7.12. The van der Waals surface area contributed by atoms with Gasteiger partial charge in [0.15, 0.2) is 11.8 Å². The van der Waals surface area contributed by atoms with Gasteiger partial charge in [-0.25, -0.2) is 9.67 Å². The van der Waals surface area contributed by atoms with Crippen molar-refractivity contribution in [1.29, 1.82) is 0 Å². The van der Waals surface area contributed by atoms with E-state index in [1.165, 1.54) is 25.7 Å². The molecular weight excluding hydrogens is 457 g/mol. The zero-order chi connectivity index (χ0) is 18.4. The molecule has 1 aliphatic carbocycles. The van der Waals surface area contributed by atoms with Gasteiger partial charge in [-0.05, 0) is 26.3 Å². The summed E-state index contributed by atoms with van der Waals surface area (Å²) in [6.45, 7) is 3.24. The molecule has 3 rings (SSSR count). The Labute approximate surface area is 179 Å². The minimum absolute atomic E-state index is 0. The molecule has 0 saturated heterocycles. The number of ether oxygens (including phenoxy) is 1. The lowest BCUT2D eigenvalue weighted by Gasteiger charge is -2.27. The number of aliphatic imine (C=N–C) groups is 1. The summed E-state index contributed by atoms with van der Waals surface area (Å²) in [4.78, 5) is 11.4. The predicted octanol–water partition coefficient (Wildman–Crippen LogP) is 1.40. The van der Waals surface area contributed by atoms with Crippen molar-refractivity contribution in [3.05, 3.63) is 11.6 Å². The molecule has 2 heterocycles. The smallest absolute Gasteiger partial charge is 0.191 e. The van der Waals surface area contributed by atoms with Crippen molar-refractivity contribution in [2.75, 3.05) is 34.3 Å². The van der Waals surface area contributed by atoms with Crippen molar-refractivity contribution in [3.63, 3.8) is 0 Å². The van der Waals surface area contributed by atoms with E-state index in [2.05, 4.69) is 37.7 Å². The van der Waals surface area contributed by atoms with Gasteiger partial charge in [-0.1, -0.05) is 12.8 Å². The highest BCUT2D eigenvalue weighted by Gasteiger charge is 2.23. The van der Waals surface area contributed by atoms with E-state index in [0.717, 1.165) is 56.1 Å². The second-order valence-corrected chi connectivity index (χ2v) is 7.36. The van der Waals surface area contributed by atoms with E-state index in [9.17, 15) is 0 Å². The summed E-state index contributed by atoms with van der Waals surface area (Å²) in [5, 5.41) is 11.5. The molecule has 1 unspecified atom stereocenters. The Balaban J connectivity index is 0.00000261. The highest BCUT2D eigenvalue weighted by atomic mass is 127. The van der Waals surface area contributed by atoms with Gasteiger partial charge in [0.25, 0.3) is 0 Å². The third-order valence-electron chi connectivity index (χ3n) is 5.44. The molecule has 1 atom stereocenters. The maximum absolute atomic E-state index is 5.13. The predicted molar refractivity (Wildman–Crippen MR) is 118 cm³/mol. The molecule has 1 saturated carbocycles. The summed E-state index contributed by atoms with van der Waals surface area (Å²) in [5.74, 6) is 2.69. The fourth-order valence-electron chi connectivity index (χ4n) is 3.93. The lowest BCUT2D eigenvalue weighted by atomic mass is 10.1. The molecule has 27 heavy (non-hydrogen) atoms. The first kappa shape index (κ1) is 22.4. The number of rotatable bonds is 7. The number of guanidine groups is 1. The Morgan fingerprint density at radius 2 is 2.11 bits per heavy atom. The van der Waals surface area contributed by atoms with Crippen molar-refractivity contribution in [2.24, 2.45) is 4.99 Å². The molecule has 8 nitrogen and oxygen atoms in total. The number of aromatic nitrogens is 3. The van der Waals surface area contributed by atoms with Crippen LogP contribution in [0.5, 0.6) is 0 Å². The standard InChI is InChI=1S/C18H33N7O.HI/c1-19-18(20-10-11-24(2)15-6-4-5-7-15)21-14-8-9-17-22-16(13-26-3)23-25(17)12-14;/h14-15H,4-13H2,1-3H3,(H2,19,20,21);1H. The van der Waals surface area contributed by atoms with Crippen molar-refractivity contribution in [1.82, 2.24) is 30.3 Å². The first-order valence-corrected chi connectivity index (χ1v) is 9.78. The van der Waals surface area contributed by atoms with Crippen LogP contribution >= 0.6 is 24.0 Å². The maximum Gasteiger partial charge on any atom is 0.191 e. The molecule has 1 aliphatic heterocycles. The molecule has 9 heteroatoms. The Hall–Kier alpha value is -0.940. The number of aryl methyl sites for hydroxylation is 1. The highest BCUT2D eigenvalue weighted by molar-refractivity contribution is 14.0. The van der Waals surface area contributed by atoms with Crippen molar-refractivity contribution < 1.29 is 4.74 Å². The van der Waals surface area contributed by atoms with Crippen molar-refractivity contribution in [3.8, 4) is 0 Å². The molecule has 154 valence electrons. The van der Waals surface area contributed by atoms with Crippen LogP contribution in [-0.4, -0.2) is 72.0 Å². The quantitative estimate of drug-likeness (QED) is 0.341. The largest absolute Gasteiger partial charge is 0.377 e. The highest BCUT2D eigenvalue weighted by Crippen LogP contribution is 2.21. The number of likely N-dealkylation sites (N-methyl/N-ethyl adjacent to an activating group) is 1. The van der Waals surface area contributed by atoms with Gasteiger partial charge in [-0.15, -0.1) is 24.0 Å². The minimum atomic E-state index is 0. The van der Waals surface area contributed by atoms with Gasteiger partial charge in [-0.2, -0.15) is 5.10 Å².